The summed E-state index contributed by atoms with van der Waals surface area (Å²) in [7, 11) is 0. The molecule has 0 amide bonds. The Morgan fingerprint density at radius 2 is 2.36 bits per heavy atom. The highest BCUT2D eigenvalue weighted by atomic mass is 79.9. The Labute approximate surface area is 72.8 Å². The number of aromatic nitrogens is 2. The molecule has 0 fully saturated rings. The number of hydrogen-bond acceptors (Lipinski definition) is 1. The Bertz CT molecular complexity index is 392. The van der Waals surface area contributed by atoms with E-state index in [1.54, 1.807) is 0 Å². The highest BCUT2D eigenvalue weighted by Crippen LogP contribution is 2.21. The Hall–Kier alpha value is -0.830. The van der Waals surface area contributed by atoms with Crippen LogP contribution in [0.5, 0.6) is 0 Å². The average Bonchev–Trinajstić information content (AvgIpc) is 2.34. The number of aromatic amines is 1. The number of pyridine rings is 1. The number of fused-ring (bicyclic) bond motifs is 1. The molecule has 1 N–H and O–H groups in total. The molecule has 2 nitrogen and oxygen atoms in total. The van der Waals surface area contributed by atoms with Crippen LogP contribution in [0, 0.1) is 6.92 Å². The monoisotopic (exact) mass is 210 g/mol. The molecule has 0 aliphatic carbocycles. The fraction of sp³-hybridized carbons (Fsp3) is 0.125. The quantitative estimate of drug-likeness (QED) is 0.712. The topological polar surface area (TPSA) is 28.7 Å². The lowest BCUT2D eigenvalue weighted by Gasteiger charge is -1.95. The van der Waals surface area contributed by atoms with E-state index in [0.29, 0.717) is 0 Å². The molecule has 0 bridgehead atoms. The van der Waals surface area contributed by atoms with Gasteiger partial charge in [-0.3, -0.25) is 4.98 Å². The van der Waals surface area contributed by atoms with Crippen molar-refractivity contribution in [3.63, 3.8) is 0 Å². The van der Waals surface area contributed by atoms with Gasteiger partial charge in [0.1, 0.15) is 0 Å². The van der Waals surface area contributed by atoms with Crippen molar-refractivity contribution in [2.45, 2.75) is 6.92 Å². The zero-order valence-corrected chi connectivity index (χ0v) is 7.64. The van der Waals surface area contributed by atoms with Crippen molar-refractivity contribution in [3.8, 4) is 0 Å². The second-order valence-corrected chi connectivity index (χ2v) is 3.34. The Morgan fingerprint density at radius 3 is 3.18 bits per heavy atom. The van der Waals surface area contributed by atoms with E-state index in [1.807, 2.05) is 25.3 Å². The van der Waals surface area contributed by atoms with Crippen molar-refractivity contribution in [1.82, 2.24) is 9.97 Å². The third kappa shape index (κ3) is 1.05. The van der Waals surface area contributed by atoms with Crippen LogP contribution in [0.15, 0.2) is 22.8 Å². The Kier molecular flexibility index (Phi) is 1.46. The molecule has 0 unspecified atom stereocenters. The molecule has 0 saturated heterocycles. The standard InChI is InChI=1S/C8H7BrN2/c1-5-4-6(9)8-7(11-5)2-3-10-8/h2-4,10H,1H3. The Morgan fingerprint density at radius 1 is 1.55 bits per heavy atom. The van der Waals surface area contributed by atoms with Crippen LogP contribution in [0.25, 0.3) is 11.0 Å². The molecule has 3 heteroatoms. The van der Waals surface area contributed by atoms with Crippen LogP contribution >= 0.6 is 15.9 Å². The number of rotatable bonds is 0. The zero-order chi connectivity index (χ0) is 7.84. The maximum Gasteiger partial charge on any atom is 0.0893 e. The molecule has 0 radical (unpaired) electrons. The SMILES string of the molecule is Cc1cc(Br)c2[nH]ccc2n1. The molecule has 56 valence electrons. The van der Waals surface area contributed by atoms with Crippen molar-refractivity contribution >= 4 is 27.0 Å². The summed E-state index contributed by atoms with van der Waals surface area (Å²) < 4.78 is 1.07. The molecule has 2 heterocycles. The maximum absolute atomic E-state index is 4.34. The van der Waals surface area contributed by atoms with Crippen molar-refractivity contribution in [1.29, 1.82) is 0 Å². The number of halogens is 1. The van der Waals surface area contributed by atoms with Crippen LogP contribution < -0.4 is 0 Å². The first kappa shape index (κ1) is 6.85. The molecular weight excluding hydrogens is 204 g/mol. The molecule has 0 atom stereocenters. The molecule has 2 aromatic heterocycles. The van der Waals surface area contributed by atoms with E-state index in [-0.39, 0.29) is 0 Å². The lowest BCUT2D eigenvalue weighted by atomic mass is 10.3. The molecular formula is C8H7BrN2. The Balaban J connectivity index is 2.91. The second kappa shape index (κ2) is 2.34. The number of nitrogens with zero attached hydrogens (tertiary/aromatic N) is 1. The van der Waals surface area contributed by atoms with E-state index < -0.39 is 0 Å². The summed E-state index contributed by atoms with van der Waals surface area (Å²) in [5, 5.41) is 0. The lowest BCUT2D eigenvalue weighted by Crippen LogP contribution is -1.81. The third-order valence-electron chi connectivity index (χ3n) is 1.60. The summed E-state index contributed by atoms with van der Waals surface area (Å²) >= 11 is 3.46. The minimum absolute atomic E-state index is 1.01. The molecule has 2 aromatic rings. The zero-order valence-electron chi connectivity index (χ0n) is 6.06. The minimum atomic E-state index is 1.01. The first-order chi connectivity index (χ1) is 5.27. The van der Waals surface area contributed by atoms with Crippen LogP contribution in [0.3, 0.4) is 0 Å². The van der Waals surface area contributed by atoms with Gasteiger partial charge in [-0.05, 0) is 35.0 Å². The summed E-state index contributed by atoms with van der Waals surface area (Å²) in [5.74, 6) is 0. The first-order valence-corrected chi connectivity index (χ1v) is 4.17. The van der Waals surface area contributed by atoms with Crippen molar-refractivity contribution < 1.29 is 0 Å². The van der Waals surface area contributed by atoms with E-state index in [1.165, 1.54) is 0 Å². The fourth-order valence-electron chi connectivity index (χ4n) is 1.12. The van der Waals surface area contributed by atoms with Gasteiger partial charge in [-0.15, -0.1) is 0 Å². The van der Waals surface area contributed by atoms with Crippen molar-refractivity contribution in [2.75, 3.05) is 0 Å². The number of H-pyrrole nitrogens is 1. The minimum Gasteiger partial charge on any atom is -0.359 e. The van der Waals surface area contributed by atoms with E-state index >= 15 is 0 Å². The first-order valence-electron chi connectivity index (χ1n) is 3.37. The number of aryl methyl sites for hydroxylation is 1. The summed E-state index contributed by atoms with van der Waals surface area (Å²) in [5.41, 5.74) is 3.11. The second-order valence-electron chi connectivity index (χ2n) is 2.48. The number of hydrogen-bond donors (Lipinski definition) is 1. The molecule has 0 aromatic carbocycles. The largest absolute Gasteiger partial charge is 0.359 e. The summed E-state index contributed by atoms with van der Waals surface area (Å²) in [6.07, 6.45) is 1.89. The summed E-state index contributed by atoms with van der Waals surface area (Å²) in [4.78, 5) is 7.44. The van der Waals surface area contributed by atoms with Gasteiger partial charge >= 0.3 is 0 Å². The maximum atomic E-state index is 4.34. The molecule has 11 heavy (non-hydrogen) atoms. The van der Waals surface area contributed by atoms with Crippen molar-refractivity contribution in [2.24, 2.45) is 0 Å². The van der Waals surface area contributed by atoms with E-state index in [4.69, 9.17) is 0 Å². The van der Waals surface area contributed by atoms with Gasteiger partial charge in [-0.2, -0.15) is 0 Å². The smallest absolute Gasteiger partial charge is 0.0893 e. The third-order valence-corrected chi connectivity index (χ3v) is 2.22. The van der Waals surface area contributed by atoms with E-state index in [0.717, 1.165) is 21.2 Å². The van der Waals surface area contributed by atoms with Gasteiger partial charge < -0.3 is 4.98 Å². The van der Waals surface area contributed by atoms with Gasteiger partial charge in [0.05, 0.1) is 11.0 Å². The molecule has 0 saturated carbocycles. The van der Waals surface area contributed by atoms with Crippen LogP contribution in [-0.2, 0) is 0 Å². The molecule has 0 aliphatic heterocycles. The van der Waals surface area contributed by atoms with Crippen LogP contribution in [0.1, 0.15) is 5.69 Å². The van der Waals surface area contributed by atoms with Gasteiger partial charge in [0.2, 0.25) is 0 Å². The predicted octanol–water partition coefficient (Wildman–Crippen LogP) is 2.63. The summed E-state index contributed by atoms with van der Waals surface area (Å²) in [6.45, 7) is 1.98. The molecule has 0 spiro atoms. The molecule has 2 rings (SSSR count). The fourth-order valence-corrected chi connectivity index (χ4v) is 1.77. The van der Waals surface area contributed by atoms with Crippen molar-refractivity contribution in [3.05, 3.63) is 28.5 Å². The van der Waals surface area contributed by atoms with Crippen LogP contribution in [0.4, 0.5) is 0 Å². The highest BCUT2D eigenvalue weighted by Gasteiger charge is 2.00. The van der Waals surface area contributed by atoms with Gasteiger partial charge in [0.15, 0.2) is 0 Å². The van der Waals surface area contributed by atoms with Gasteiger partial charge in [-0.25, -0.2) is 0 Å². The normalized spacial score (nSPS) is 10.7. The van der Waals surface area contributed by atoms with Gasteiger partial charge in [-0.1, -0.05) is 0 Å². The molecule has 0 aliphatic rings. The van der Waals surface area contributed by atoms with Crippen LogP contribution in [-0.4, -0.2) is 9.97 Å². The average molecular weight is 211 g/mol. The summed E-state index contributed by atoms with van der Waals surface area (Å²) in [6, 6.07) is 3.96. The van der Waals surface area contributed by atoms with Gasteiger partial charge in [0.25, 0.3) is 0 Å². The van der Waals surface area contributed by atoms with E-state index in [9.17, 15) is 0 Å². The van der Waals surface area contributed by atoms with Crippen LogP contribution in [0.2, 0.25) is 0 Å². The van der Waals surface area contributed by atoms with E-state index in [2.05, 4.69) is 25.9 Å². The van der Waals surface area contributed by atoms with Gasteiger partial charge in [0, 0.05) is 16.4 Å². The number of nitrogens with one attached hydrogen (secondary N) is 1. The lowest BCUT2D eigenvalue weighted by molar-refractivity contribution is 1.25. The highest BCUT2D eigenvalue weighted by molar-refractivity contribution is 9.10. The predicted molar refractivity (Wildman–Crippen MR) is 48.5 cm³/mol.